The molecule has 0 spiro atoms. The van der Waals surface area contributed by atoms with Gasteiger partial charge in [0.1, 0.15) is 5.75 Å². The van der Waals surface area contributed by atoms with Crippen molar-refractivity contribution in [2.24, 2.45) is 0 Å². The highest BCUT2D eigenvalue weighted by molar-refractivity contribution is 5.92. The lowest BCUT2D eigenvalue weighted by Gasteiger charge is -2.09. The zero-order chi connectivity index (χ0) is 22.5. The van der Waals surface area contributed by atoms with Gasteiger partial charge in [-0.3, -0.25) is 0 Å². The Labute approximate surface area is 185 Å². The minimum atomic E-state index is -0.505. The van der Waals surface area contributed by atoms with E-state index in [2.05, 4.69) is 6.07 Å². The smallest absolute Gasteiger partial charge is 0.343 e. The number of rotatable bonds is 6. The number of allylic oxidation sites excluding steroid dienone is 1. The maximum atomic E-state index is 12.4. The van der Waals surface area contributed by atoms with E-state index in [1.165, 1.54) is 0 Å². The van der Waals surface area contributed by atoms with Crippen LogP contribution >= 0.6 is 0 Å². The van der Waals surface area contributed by atoms with E-state index in [0.29, 0.717) is 45.4 Å². The van der Waals surface area contributed by atoms with Gasteiger partial charge in [-0.05, 0) is 65.7 Å². The number of carbonyl (C=O) groups is 1. The summed E-state index contributed by atoms with van der Waals surface area (Å²) in [5.41, 5.74) is 2.29. The topological polar surface area (TPSA) is 87.0 Å². The molecule has 3 aromatic rings. The molecule has 0 bridgehead atoms. The molecule has 0 saturated carbocycles. The van der Waals surface area contributed by atoms with Crippen LogP contribution in [0, 0.1) is 11.3 Å². The maximum absolute atomic E-state index is 12.4. The fourth-order valence-electron chi connectivity index (χ4n) is 3.17. The largest absolute Gasteiger partial charge is 0.493 e. The van der Waals surface area contributed by atoms with Gasteiger partial charge in [0.15, 0.2) is 23.0 Å². The molecule has 1 heterocycles. The van der Waals surface area contributed by atoms with Crippen molar-refractivity contribution >= 4 is 17.6 Å². The molecule has 3 aromatic carbocycles. The lowest BCUT2D eigenvalue weighted by Crippen LogP contribution is -2.08. The van der Waals surface area contributed by atoms with Crippen LogP contribution in [-0.4, -0.2) is 27.0 Å². The van der Waals surface area contributed by atoms with Crippen molar-refractivity contribution in [1.82, 2.24) is 0 Å². The van der Waals surface area contributed by atoms with Crippen LogP contribution in [0.3, 0.4) is 0 Å². The molecule has 0 aromatic heterocycles. The average Bonchev–Trinajstić information content (AvgIpc) is 3.31. The Morgan fingerprint density at radius 3 is 2.34 bits per heavy atom. The highest BCUT2D eigenvalue weighted by Gasteiger charge is 2.17. The van der Waals surface area contributed by atoms with Crippen LogP contribution in [-0.2, 0) is 0 Å². The molecule has 0 amide bonds. The van der Waals surface area contributed by atoms with Crippen molar-refractivity contribution < 1.29 is 28.5 Å². The van der Waals surface area contributed by atoms with Gasteiger partial charge in [0.25, 0.3) is 0 Å². The van der Waals surface area contributed by atoms with Crippen molar-refractivity contribution in [3.05, 3.63) is 77.4 Å². The van der Waals surface area contributed by atoms with Gasteiger partial charge >= 0.3 is 5.97 Å². The van der Waals surface area contributed by atoms with E-state index in [1.54, 1.807) is 81.0 Å². The zero-order valence-electron chi connectivity index (χ0n) is 17.5. The number of hydrogen-bond acceptors (Lipinski definition) is 7. The van der Waals surface area contributed by atoms with Crippen LogP contribution in [0.4, 0.5) is 0 Å². The van der Waals surface area contributed by atoms with Gasteiger partial charge < -0.3 is 23.7 Å². The van der Waals surface area contributed by atoms with Crippen molar-refractivity contribution in [3.8, 4) is 34.8 Å². The van der Waals surface area contributed by atoms with Crippen LogP contribution in [0.15, 0.2) is 60.7 Å². The summed E-state index contributed by atoms with van der Waals surface area (Å²) in [6, 6.07) is 19.2. The molecule has 4 rings (SSSR count). The number of ether oxygens (including phenoxy) is 5. The van der Waals surface area contributed by atoms with Gasteiger partial charge in [0, 0.05) is 0 Å². The van der Waals surface area contributed by atoms with Gasteiger partial charge in [0.2, 0.25) is 6.79 Å². The molecule has 7 nitrogen and oxygen atoms in total. The summed E-state index contributed by atoms with van der Waals surface area (Å²) < 4.78 is 26.5. The molecule has 1 aliphatic rings. The fourth-order valence-corrected chi connectivity index (χ4v) is 3.17. The van der Waals surface area contributed by atoms with E-state index in [4.69, 9.17) is 23.7 Å². The number of methoxy groups -OCH3 is 2. The van der Waals surface area contributed by atoms with Crippen molar-refractivity contribution in [3.63, 3.8) is 0 Å². The summed E-state index contributed by atoms with van der Waals surface area (Å²) in [5.74, 6) is 2.11. The van der Waals surface area contributed by atoms with Crippen LogP contribution in [0.2, 0.25) is 0 Å². The van der Waals surface area contributed by atoms with Crippen molar-refractivity contribution in [1.29, 1.82) is 5.26 Å². The van der Waals surface area contributed by atoms with Crippen LogP contribution in [0.1, 0.15) is 21.5 Å². The summed E-state index contributed by atoms with van der Waals surface area (Å²) in [7, 11) is 3.10. The minimum Gasteiger partial charge on any atom is -0.493 e. The minimum absolute atomic E-state index is 0.136. The van der Waals surface area contributed by atoms with Crippen molar-refractivity contribution in [2.45, 2.75) is 0 Å². The quantitative estimate of drug-likeness (QED) is 0.243. The molecular formula is C25H19NO6. The lowest BCUT2D eigenvalue weighted by atomic mass is 10.0. The normalized spacial score (nSPS) is 12.1. The SMILES string of the molecule is COc1ccc(/C(C#N)=C\c2ccc(OC(=O)c3ccc4c(c3)OCO4)cc2)cc1OC. The van der Waals surface area contributed by atoms with Gasteiger partial charge in [-0.2, -0.15) is 5.26 Å². The Balaban J connectivity index is 1.49. The monoisotopic (exact) mass is 429 g/mol. The average molecular weight is 429 g/mol. The molecule has 0 radical (unpaired) electrons. The van der Waals surface area contributed by atoms with Crippen LogP contribution in [0.25, 0.3) is 11.6 Å². The molecule has 0 saturated heterocycles. The predicted octanol–water partition coefficient (Wildman–Crippen LogP) is 4.72. The molecular weight excluding hydrogens is 410 g/mol. The summed E-state index contributed by atoms with van der Waals surface area (Å²) in [5, 5.41) is 9.62. The number of nitriles is 1. The first-order valence-electron chi connectivity index (χ1n) is 9.67. The Morgan fingerprint density at radius 2 is 1.62 bits per heavy atom. The Kier molecular flexibility index (Phi) is 5.95. The number of hydrogen-bond donors (Lipinski definition) is 0. The van der Waals surface area contributed by atoms with Crippen molar-refractivity contribution in [2.75, 3.05) is 21.0 Å². The second kappa shape index (κ2) is 9.14. The van der Waals surface area contributed by atoms with Crippen LogP contribution < -0.4 is 23.7 Å². The standard InChI is InChI=1S/C25H19NO6/c1-28-21-9-5-17(12-23(21)29-2)19(14-26)11-16-3-7-20(8-4-16)32-25(27)18-6-10-22-24(13-18)31-15-30-22/h3-13H,15H2,1-2H3/b19-11-. The highest BCUT2D eigenvalue weighted by Crippen LogP contribution is 2.33. The third-order valence-corrected chi connectivity index (χ3v) is 4.82. The van der Waals surface area contributed by atoms with E-state index >= 15 is 0 Å². The number of fused-ring (bicyclic) bond motifs is 1. The Morgan fingerprint density at radius 1 is 0.906 bits per heavy atom. The van der Waals surface area contributed by atoms with E-state index in [0.717, 1.165) is 5.56 Å². The Hall–Kier alpha value is -4.44. The van der Waals surface area contributed by atoms with E-state index in [1.807, 2.05) is 0 Å². The molecule has 7 heteroatoms. The molecule has 0 fully saturated rings. The number of benzene rings is 3. The second-order valence-corrected chi connectivity index (χ2v) is 6.77. The summed E-state index contributed by atoms with van der Waals surface area (Å²) in [6.07, 6.45) is 1.74. The van der Waals surface area contributed by atoms with E-state index in [9.17, 15) is 10.1 Å². The maximum Gasteiger partial charge on any atom is 0.343 e. The second-order valence-electron chi connectivity index (χ2n) is 6.77. The summed E-state index contributed by atoms with van der Waals surface area (Å²) in [4.78, 5) is 12.4. The molecule has 0 unspecified atom stereocenters. The Bertz CT molecular complexity index is 1220. The molecule has 32 heavy (non-hydrogen) atoms. The van der Waals surface area contributed by atoms with E-state index < -0.39 is 5.97 Å². The predicted molar refractivity (Wildman–Crippen MR) is 117 cm³/mol. The lowest BCUT2D eigenvalue weighted by molar-refractivity contribution is 0.0734. The third-order valence-electron chi connectivity index (χ3n) is 4.82. The van der Waals surface area contributed by atoms with Gasteiger partial charge in [-0.15, -0.1) is 0 Å². The zero-order valence-corrected chi connectivity index (χ0v) is 17.5. The fraction of sp³-hybridized carbons (Fsp3) is 0.120. The first kappa shape index (κ1) is 20.8. The number of carbonyl (C=O) groups excluding carboxylic acids is 1. The molecule has 0 aliphatic carbocycles. The number of nitrogens with zero attached hydrogens (tertiary/aromatic N) is 1. The van der Waals surface area contributed by atoms with E-state index in [-0.39, 0.29) is 6.79 Å². The summed E-state index contributed by atoms with van der Waals surface area (Å²) in [6.45, 7) is 0.136. The third kappa shape index (κ3) is 4.35. The first-order valence-corrected chi connectivity index (χ1v) is 9.67. The van der Waals surface area contributed by atoms with Gasteiger partial charge in [-0.1, -0.05) is 12.1 Å². The number of esters is 1. The van der Waals surface area contributed by atoms with Crippen LogP contribution in [0.5, 0.6) is 28.7 Å². The summed E-state index contributed by atoms with van der Waals surface area (Å²) >= 11 is 0. The molecule has 160 valence electrons. The highest BCUT2D eigenvalue weighted by atomic mass is 16.7. The molecule has 0 N–H and O–H groups in total. The first-order chi connectivity index (χ1) is 15.6. The van der Waals surface area contributed by atoms with Gasteiger partial charge in [-0.25, -0.2) is 4.79 Å². The molecule has 1 aliphatic heterocycles. The molecule has 0 atom stereocenters. The van der Waals surface area contributed by atoms with Gasteiger partial charge in [0.05, 0.1) is 31.4 Å².